The molecule has 0 aliphatic carbocycles. The van der Waals surface area contributed by atoms with E-state index in [-0.39, 0.29) is 17.6 Å². The standard InChI is InChI=1S/C24H21FN4O3/c1-15-22(17-5-9-19(25)10-6-17)23(27-16(2)30)29(28-15)20-11-7-18(8-12-20)24(31)26-14-21-4-3-13-32-21/h3-13H,14H2,1-2H3,(H,26,31)(H,27,30). The van der Waals surface area contributed by atoms with Crippen LogP contribution in [-0.2, 0) is 11.3 Å². The van der Waals surface area contributed by atoms with Crippen molar-refractivity contribution in [2.75, 3.05) is 5.32 Å². The van der Waals surface area contributed by atoms with Gasteiger partial charge in [0.2, 0.25) is 5.91 Å². The van der Waals surface area contributed by atoms with E-state index in [0.29, 0.717) is 40.6 Å². The molecule has 0 radical (unpaired) electrons. The van der Waals surface area contributed by atoms with Gasteiger partial charge in [0.15, 0.2) is 0 Å². The van der Waals surface area contributed by atoms with E-state index < -0.39 is 0 Å². The number of hydrogen-bond acceptors (Lipinski definition) is 4. The average Bonchev–Trinajstić information content (AvgIpc) is 3.41. The van der Waals surface area contributed by atoms with Gasteiger partial charge in [-0.1, -0.05) is 12.1 Å². The molecule has 0 aliphatic heterocycles. The number of nitrogens with one attached hydrogen (secondary N) is 2. The first-order valence-electron chi connectivity index (χ1n) is 9.96. The Bertz CT molecular complexity index is 1240. The molecule has 0 unspecified atom stereocenters. The van der Waals surface area contributed by atoms with Crippen molar-refractivity contribution in [3.05, 3.63) is 89.8 Å². The number of anilines is 1. The minimum atomic E-state index is -0.346. The zero-order valence-electron chi connectivity index (χ0n) is 17.6. The quantitative estimate of drug-likeness (QED) is 0.471. The summed E-state index contributed by atoms with van der Waals surface area (Å²) in [5, 5.41) is 10.2. The summed E-state index contributed by atoms with van der Waals surface area (Å²) in [7, 11) is 0. The summed E-state index contributed by atoms with van der Waals surface area (Å²) in [6.07, 6.45) is 1.55. The molecule has 32 heavy (non-hydrogen) atoms. The molecule has 0 bridgehead atoms. The lowest BCUT2D eigenvalue weighted by Crippen LogP contribution is -2.22. The normalized spacial score (nSPS) is 10.7. The molecule has 2 heterocycles. The van der Waals surface area contributed by atoms with Gasteiger partial charge >= 0.3 is 0 Å². The molecule has 4 rings (SSSR count). The zero-order chi connectivity index (χ0) is 22.7. The van der Waals surface area contributed by atoms with Crippen LogP contribution in [0.3, 0.4) is 0 Å². The highest BCUT2D eigenvalue weighted by Crippen LogP contribution is 2.33. The largest absolute Gasteiger partial charge is 0.467 e. The third kappa shape index (κ3) is 4.44. The predicted molar refractivity (Wildman–Crippen MR) is 118 cm³/mol. The molecule has 2 aromatic heterocycles. The number of rotatable bonds is 6. The number of halogens is 1. The molecule has 2 aromatic carbocycles. The van der Waals surface area contributed by atoms with Crippen LogP contribution in [-0.4, -0.2) is 21.6 Å². The SMILES string of the molecule is CC(=O)Nc1c(-c2ccc(F)cc2)c(C)nn1-c1ccc(C(=O)NCc2ccco2)cc1. The first kappa shape index (κ1) is 21.0. The molecular weight excluding hydrogens is 411 g/mol. The van der Waals surface area contributed by atoms with Crippen LogP contribution in [0.15, 0.2) is 71.3 Å². The number of nitrogens with zero attached hydrogens (tertiary/aromatic N) is 2. The summed E-state index contributed by atoms with van der Waals surface area (Å²) in [6.45, 7) is 3.52. The lowest BCUT2D eigenvalue weighted by atomic mass is 10.1. The van der Waals surface area contributed by atoms with E-state index in [1.165, 1.54) is 19.1 Å². The fraction of sp³-hybridized carbons (Fsp3) is 0.125. The molecule has 2 amide bonds. The first-order valence-corrected chi connectivity index (χ1v) is 9.96. The Morgan fingerprint density at radius 1 is 1.06 bits per heavy atom. The molecule has 0 saturated heterocycles. The van der Waals surface area contributed by atoms with Crippen molar-refractivity contribution in [1.29, 1.82) is 0 Å². The topological polar surface area (TPSA) is 89.2 Å². The van der Waals surface area contributed by atoms with Crippen LogP contribution in [0.4, 0.5) is 10.2 Å². The van der Waals surface area contributed by atoms with Gasteiger partial charge in [0, 0.05) is 18.1 Å². The van der Waals surface area contributed by atoms with E-state index >= 15 is 0 Å². The van der Waals surface area contributed by atoms with Crippen molar-refractivity contribution in [1.82, 2.24) is 15.1 Å². The van der Waals surface area contributed by atoms with Crippen molar-refractivity contribution >= 4 is 17.6 Å². The molecule has 162 valence electrons. The molecule has 0 atom stereocenters. The molecule has 0 spiro atoms. The Morgan fingerprint density at radius 3 is 2.41 bits per heavy atom. The van der Waals surface area contributed by atoms with Crippen LogP contribution in [0.1, 0.15) is 28.7 Å². The van der Waals surface area contributed by atoms with Crippen LogP contribution in [0, 0.1) is 12.7 Å². The third-order valence-corrected chi connectivity index (χ3v) is 4.87. The summed E-state index contributed by atoms with van der Waals surface area (Å²) < 4.78 is 20.2. The minimum Gasteiger partial charge on any atom is -0.467 e. The predicted octanol–water partition coefficient (Wildman–Crippen LogP) is 4.47. The van der Waals surface area contributed by atoms with Crippen LogP contribution in [0.2, 0.25) is 0 Å². The maximum atomic E-state index is 13.4. The van der Waals surface area contributed by atoms with Crippen molar-refractivity contribution in [3.8, 4) is 16.8 Å². The van der Waals surface area contributed by atoms with E-state index in [1.807, 2.05) is 6.92 Å². The fourth-order valence-electron chi connectivity index (χ4n) is 3.40. The fourth-order valence-corrected chi connectivity index (χ4v) is 3.40. The molecule has 0 fully saturated rings. The van der Waals surface area contributed by atoms with Crippen molar-refractivity contribution in [3.63, 3.8) is 0 Å². The number of carbonyl (C=O) groups excluding carboxylic acids is 2. The van der Waals surface area contributed by atoms with E-state index in [2.05, 4.69) is 15.7 Å². The minimum absolute atomic E-state index is 0.237. The van der Waals surface area contributed by atoms with Crippen LogP contribution in [0.25, 0.3) is 16.8 Å². The third-order valence-electron chi connectivity index (χ3n) is 4.87. The lowest BCUT2D eigenvalue weighted by molar-refractivity contribution is -0.114. The van der Waals surface area contributed by atoms with E-state index in [4.69, 9.17) is 4.42 Å². The molecule has 8 heteroatoms. The van der Waals surface area contributed by atoms with Gasteiger partial charge in [-0.25, -0.2) is 9.07 Å². The number of hydrogen-bond donors (Lipinski definition) is 2. The molecule has 0 aliphatic rings. The number of aromatic nitrogens is 2. The highest BCUT2D eigenvalue weighted by Gasteiger charge is 2.19. The number of benzene rings is 2. The van der Waals surface area contributed by atoms with E-state index in [0.717, 1.165) is 5.56 Å². The number of furan rings is 1. The van der Waals surface area contributed by atoms with E-state index in [1.54, 1.807) is 59.5 Å². The molecule has 2 N–H and O–H groups in total. The van der Waals surface area contributed by atoms with Gasteiger partial charge in [0.25, 0.3) is 5.91 Å². The maximum absolute atomic E-state index is 13.4. The number of carbonyl (C=O) groups is 2. The molecule has 7 nitrogen and oxygen atoms in total. The second kappa shape index (κ2) is 8.89. The first-order chi connectivity index (χ1) is 15.4. The second-order valence-corrected chi connectivity index (χ2v) is 7.22. The van der Waals surface area contributed by atoms with Crippen molar-refractivity contribution < 1.29 is 18.4 Å². The van der Waals surface area contributed by atoms with Crippen molar-refractivity contribution in [2.45, 2.75) is 20.4 Å². The van der Waals surface area contributed by atoms with Gasteiger partial charge in [0.05, 0.1) is 24.2 Å². The highest BCUT2D eigenvalue weighted by atomic mass is 19.1. The van der Waals surface area contributed by atoms with Crippen molar-refractivity contribution in [2.24, 2.45) is 0 Å². The molecule has 4 aromatic rings. The molecular formula is C24H21FN4O3. The monoisotopic (exact) mass is 432 g/mol. The Kier molecular flexibility index (Phi) is 5.85. The summed E-state index contributed by atoms with van der Waals surface area (Å²) in [6, 6.07) is 16.4. The summed E-state index contributed by atoms with van der Waals surface area (Å²) >= 11 is 0. The van der Waals surface area contributed by atoms with E-state index in [9.17, 15) is 14.0 Å². The lowest BCUT2D eigenvalue weighted by Gasteiger charge is -2.11. The zero-order valence-corrected chi connectivity index (χ0v) is 17.6. The Labute approximate surface area is 183 Å². The second-order valence-electron chi connectivity index (χ2n) is 7.22. The van der Waals surface area contributed by atoms with Crippen LogP contribution >= 0.6 is 0 Å². The van der Waals surface area contributed by atoms with Gasteiger partial charge in [-0.05, 0) is 61.0 Å². The summed E-state index contributed by atoms with van der Waals surface area (Å²) in [5.41, 5.74) is 3.23. The summed E-state index contributed by atoms with van der Waals surface area (Å²) in [4.78, 5) is 24.3. The number of aryl methyl sites for hydroxylation is 1. The van der Waals surface area contributed by atoms with Gasteiger partial charge in [-0.15, -0.1) is 0 Å². The number of amides is 2. The Balaban J connectivity index is 1.64. The van der Waals surface area contributed by atoms with Crippen LogP contribution < -0.4 is 10.6 Å². The van der Waals surface area contributed by atoms with Gasteiger partial charge in [-0.3, -0.25) is 9.59 Å². The Hall–Kier alpha value is -4.20. The van der Waals surface area contributed by atoms with Gasteiger partial charge < -0.3 is 15.1 Å². The van der Waals surface area contributed by atoms with Gasteiger partial charge in [0.1, 0.15) is 17.4 Å². The smallest absolute Gasteiger partial charge is 0.251 e. The summed E-state index contributed by atoms with van der Waals surface area (Å²) in [5.74, 6) is 0.287. The van der Waals surface area contributed by atoms with Crippen LogP contribution in [0.5, 0.6) is 0 Å². The molecule has 0 saturated carbocycles. The maximum Gasteiger partial charge on any atom is 0.251 e. The Morgan fingerprint density at radius 2 is 1.78 bits per heavy atom. The average molecular weight is 432 g/mol. The van der Waals surface area contributed by atoms with Gasteiger partial charge in [-0.2, -0.15) is 5.10 Å². The highest BCUT2D eigenvalue weighted by molar-refractivity contribution is 5.95.